The van der Waals surface area contributed by atoms with Crippen molar-refractivity contribution >= 4 is 10.9 Å². The molecule has 1 heterocycles. The lowest BCUT2D eigenvalue weighted by Gasteiger charge is -2.15. The fraction of sp³-hybridized carbons (Fsp3) is 0.130. The molecule has 146 valence electrons. The van der Waals surface area contributed by atoms with Crippen LogP contribution in [0.15, 0.2) is 72.8 Å². The van der Waals surface area contributed by atoms with Crippen LogP contribution in [-0.4, -0.2) is 17.3 Å². The van der Waals surface area contributed by atoms with Crippen molar-refractivity contribution in [3.05, 3.63) is 89.6 Å². The van der Waals surface area contributed by atoms with Crippen molar-refractivity contribution in [2.75, 3.05) is 7.11 Å². The van der Waals surface area contributed by atoms with E-state index in [1.54, 1.807) is 31.4 Å². The molecule has 3 aromatic carbocycles. The number of hydrogen-bond donors (Lipinski definition) is 0. The molecule has 0 amide bonds. The predicted octanol–water partition coefficient (Wildman–Crippen LogP) is 5.92. The van der Waals surface area contributed by atoms with Crippen LogP contribution in [0.2, 0.25) is 0 Å². The van der Waals surface area contributed by atoms with Crippen molar-refractivity contribution in [2.45, 2.75) is 12.6 Å². The zero-order chi connectivity index (χ0) is 20.4. The minimum atomic E-state index is -4.51. The molecular formula is C23H17F3N2O. The highest BCUT2D eigenvalue weighted by atomic mass is 19.4. The van der Waals surface area contributed by atoms with Crippen LogP contribution in [0.5, 0.6) is 5.75 Å². The normalized spacial score (nSPS) is 11.6. The molecule has 0 aliphatic heterocycles. The molecule has 3 nitrogen and oxygen atoms in total. The summed E-state index contributed by atoms with van der Waals surface area (Å²) in [6.45, 7) is 0. The van der Waals surface area contributed by atoms with Crippen LogP contribution in [0, 0.1) is 0 Å². The Kier molecular flexibility index (Phi) is 4.92. The molecule has 0 spiro atoms. The molecule has 29 heavy (non-hydrogen) atoms. The third-order valence-corrected chi connectivity index (χ3v) is 4.74. The van der Waals surface area contributed by atoms with Gasteiger partial charge < -0.3 is 4.74 Å². The summed E-state index contributed by atoms with van der Waals surface area (Å²) in [4.78, 5) is 0. The minimum absolute atomic E-state index is 0.158. The summed E-state index contributed by atoms with van der Waals surface area (Å²) < 4.78 is 45.9. The van der Waals surface area contributed by atoms with Crippen LogP contribution < -0.4 is 4.74 Å². The van der Waals surface area contributed by atoms with Gasteiger partial charge in [-0.25, -0.2) is 0 Å². The van der Waals surface area contributed by atoms with E-state index >= 15 is 0 Å². The van der Waals surface area contributed by atoms with E-state index in [1.165, 1.54) is 6.07 Å². The van der Waals surface area contributed by atoms with Gasteiger partial charge in [0, 0.05) is 17.4 Å². The van der Waals surface area contributed by atoms with Crippen molar-refractivity contribution in [3.63, 3.8) is 0 Å². The number of fused-ring (bicyclic) bond motifs is 1. The molecule has 1 aromatic heterocycles. The zero-order valence-electron chi connectivity index (χ0n) is 15.6. The maximum Gasteiger partial charge on any atom is 0.418 e. The predicted molar refractivity (Wildman–Crippen MR) is 106 cm³/mol. The van der Waals surface area contributed by atoms with Gasteiger partial charge in [0.05, 0.1) is 18.4 Å². The van der Waals surface area contributed by atoms with Crippen molar-refractivity contribution in [2.24, 2.45) is 0 Å². The largest absolute Gasteiger partial charge is 0.497 e. The second kappa shape index (κ2) is 7.54. The topological polar surface area (TPSA) is 35.0 Å². The van der Waals surface area contributed by atoms with E-state index in [0.717, 1.165) is 17.2 Å². The minimum Gasteiger partial charge on any atom is -0.497 e. The number of alkyl halides is 3. The second-order valence-corrected chi connectivity index (χ2v) is 6.62. The standard InChI is InChI=1S/C23H17F3N2O/c1-29-17-10-5-9-16(14-17)21-18-11-6-12-19(23(24,25)26)22(18)28-27-20(21)13-15-7-3-2-4-8-15/h2-12,14H,13H2,1H3. The molecule has 0 atom stereocenters. The van der Waals surface area contributed by atoms with E-state index in [0.29, 0.717) is 28.8 Å². The van der Waals surface area contributed by atoms with Gasteiger partial charge in [0.1, 0.15) is 11.3 Å². The number of rotatable bonds is 4. The fourth-order valence-corrected chi connectivity index (χ4v) is 3.41. The molecule has 0 aliphatic carbocycles. The molecule has 4 aromatic rings. The number of benzene rings is 3. The van der Waals surface area contributed by atoms with Gasteiger partial charge in [-0.05, 0) is 29.3 Å². The van der Waals surface area contributed by atoms with Gasteiger partial charge in [-0.15, -0.1) is 5.10 Å². The van der Waals surface area contributed by atoms with Gasteiger partial charge in [-0.2, -0.15) is 18.3 Å². The van der Waals surface area contributed by atoms with E-state index in [4.69, 9.17) is 4.74 Å². The van der Waals surface area contributed by atoms with Gasteiger partial charge in [0.15, 0.2) is 0 Å². The fourth-order valence-electron chi connectivity index (χ4n) is 3.41. The Morgan fingerprint density at radius 1 is 0.862 bits per heavy atom. The smallest absolute Gasteiger partial charge is 0.418 e. The Balaban J connectivity index is 2.00. The van der Waals surface area contributed by atoms with Crippen LogP contribution in [0.25, 0.3) is 22.0 Å². The van der Waals surface area contributed by atoms with E-state index in [9.17, 15) is 13.2 Å². The third kappa shape index (κ3) is 3.78. The Morgan fingerprint density at radius 2 is 1.62 bits per heavy atom. The highest BCUT2D eigenvalue weighted by Crippen LogP contribution is 2.38. The Hall–Kier alpha value is -3.41. The van der Waals surface area contributed by atoms with E-state index in [2.05, 4.69) is 10.2 Å². The van der Waals surface area contributed by atoms with Crippen molar-refractivity contribution in [1.82, 2.24) is 10.2 Å². The van der Waals surface area contributed by atoms with Crippen LogP contribution in [0.4, 0.5) is 13.2 Å². The molecule has 0 saturated carbocycles. The summed E-state index contributed by atoms with van der Waals surface area (Å²) in [5.74, 6) is 0.616. The Bertz CT molecular complexity index is 1160. The lowest BCUT2D eigenvalue weighted by atomic mass is 9.94. The monoisotopic (exact) mass is 394 g/mol. The summed E-state index contributed by atoms with van der Waals surface area (Å²) in [6.07, 6.45) is -4.06. The first-order chi connectivity index (χ1) is 14.0. The van der Waals surface area contributed by atoms with Crippen LogP contribution in [0.1, 0.15) is 16.8 Å². The van der Waals surface area contributed by atoms with E-state index in [-0.39, 0.29) is 5.52 Å². The molecule has 4 rings (SSSR count). The molecule has 0 fully saturated rings. The summed E-state index contributed by atoms with van der Waals surface area (Å²) in [5.41, 5.74) is 2.01. The maximum atomic E-state index is 13.5. The Morgan fingerprint density at radius 3 is 2.34 bits per heavy atom. The number of ether oxygens (including phenoxy) is 1. The lowest BCUT2D eigenvalue weighted by Crippen LogP contribution is -2.09. The lowest BCUT2D eigenvalue weighted by molar-refractivity contribution is -0.136. The van der Waals surface area contributed by atoms with Gasteiger partial charge in [0.25, 0.3) is 0 Å². The second-order valence-electron chi connectivity index (χ2n) is 6.62. The molecule has 0 saturated heterocycles. The van der Waals surface area contributed by atoms with Crippen LogP contribution in [0.3, 0.4) is 0 Å². The third-order valence-electron chi connectivity index (χ3n) is 4.74. The van der Waals surface area contributed by atoms with Crippen molar-refractivity contribution < 1.29 is 17.9 Å². The number of halogens is 3. The maximum absolute atomic E-state index is 13.5. The van der Waals surface area contributed by atoms with Crippen molar-refractivity contribution in [1.29, 1.82) is 0 Å². The summed E-state index contributed by atoms with van der Waals surface area (Å²) in [6, 6.07) is 21.0. The SMILES string of the molecule is COc1cccc(-c2c(Cc3ccccc3)nnc3c(C(F)(F)F)cccc23)c1. The first-order valence-corrected chi connectivity index (χ1v) is 9.01. The zero-order valence-corrected chi connectivity index (χ0v) is 15.6. The highest BCUT2D eigenvalue weighted by molar-refractivity contribution is 5.97. The van der Waals surface area contributed by atoms with E-state index in [1.807, 2.05) is 36.4 Å². The average molecular weight is 394 g/mol. The quantitative estimate of drug-likeness (QED) is 0.431. The van der Waals surface area contributed by atoms with Gasteiger partial charge in [-0.1, -0.05) is 54.6 Å². The summed E-state index contributed by atoms with van der Waals surface area (Å²) >= 11 is 0. The number of aromatic nitrogens is 2. The molecule has 0 aliphatic rings. The molecule has 0 N–H and O–H groups in total. The number of methoxy groups -OCH3 is 1. The first-order valence-electron chi connectivity index (χ1n) is 9.01. The number of nitrogens with zero attached hydrogens (tertiary/aromatic N) is 2. The van der Waals surface area contributed by atoms with Crippen LogP contribution in [-0.2, 0) is 12.6 Å². The molecular weight excluding hydrogens is 377 g/mol. The summed E-state index contributed by atoms with van der Waals surface area (Å²) in [7, 11) is 1.55. The van der Waals surface area contributed by atoms with Gasteiger partial charge in [0.2, 0.25) is 0 Å². The molecule has 0 radical (unpaired) electrons. The molecule has 0 bridgehead atoms. The van der Waals surface area contributed by atoms with E-state index < -0.39 is 11.7 Å². The molecule has 0 unspecified atom stereocenters. The number of hydrogen-bond acceptors (Lipinski definition) is 3. The van der Waals surface area contributed by atoms with Crippen molar-refractivity contribution in [3.8, 4) is 16.9 Å². The highest BCUT2D eigenvalue weighted by Gasteiger charge is 2.34. The van der Waals surface area contributed by atoms with Gasteiger partial charge in [-0.3, -0.25) is 0 Å². The first kappa shape index (κ1) is 18.9. The van der Waals surface area contributed by atoms with Crippen LogP contribution >= 0.6 is 0 Å². The molecule has 6 heteroatoms. The average Bonchev–Trinajstić information content (AvgIpc) is 2.73. The summed E-state index contributed by atoms with van der Waals surface area (Å²) in [5, 5.41) is 8.60. The Labute approximate surface area is 165 Å². The van der Waals surface area contributed by atoms with Gasteiger partial charge >= 0.3 is 6.18 Å².